The lowest BCUT2D eigenvalue weighted by molar-refractivity contribution is 0.460. The number of phenols is 1. The molecule has 0 radical (unpaired) electrons. The Hall–Kier alpha value is -1.22. The van der Waals surface area contributed by atoms with Crippen LogP contribution in [0, 0.1) is 0 Å². The number of hydrogen-bond acceptors (Lipinski definition) is 3. The molecule has 2 unspecified atom stereocenters. The molecule has 0 saturated carbocycles. The van der Waals surface area contributed by atoms with Crippen LogP contribution in [0.5, 0.6) is 5.75 Å². The molecule has 0 bridgehead atoms. The molecule has 0 aromatic heterocycles. The van der Waals surface area contributed by atoms with E-state index in [9.17, 15) is 5.11 Å². The van der Waals surface area contributed by atoms with Gasteiger partial charge in [0.25, 0.3) is 0 Å². The molecule has 0 aliphatic carbocycles. The summed E-state index contributed by atoms with van der Waals surface area (Å²) >= 11 is 0. The number of aromatic hydroxyl groups is 1. The molecule has 0 amide bonds. The summed E-state index contributed by atoms with van der Waals surface area (Å²) in [5.41, 5.74) is 2.56. The highest BCUT2D eigenvalue weighted by Gasteiger charge is 2.31. The zero-order valence-electron chi connectivity index (χ0n) is 11.8. The Kier molecular flexibility index (Phi) is 3.81. The Morgan fingerprint density at radius 3 is 2.72 bits per heavy atom. The van der Waals surface area contributed by atoms with Crippen molar-refractivity contribution in [3.8, 4) is 5.75 Å². The second-order valence-corrected chi connectivity index (χ2v) is 5.60. The molecule has 100 valence electrons. The number of nitrogens with zero attached hydrogens (tertiary/aromatic N) is 1. The van der Waals surface area contributed by atoms with Gasteiger partial charge in [0, 0.05) is 23.8 Å². The molecular formula is C15H24N2O. The number of phenolic OH excluding ortho intramolecular Hbond substituents is 1. The number of fused-ring (bicyclic) bond motifs is 1. The highest BCUT2D eigenvalue weighted by Crippen LogP contribution is 2.37. The predicted molar refractivity (Wildman–Crippen MR) is 76.4 cm³/mol. The smallest absolute Gasteiger partial charge is 0.116 e. The van der Waals surface area contributed by atoms with Crippen LogP contribution in [0.2, 0.25) is 0 Å². The lowest BCUT2D eigenvalue weighted by atomic mass is 10.0. The number of nitrogens with one attached hydrogen (secondary N) is 1. The third kappa shape index (κ3) is 2.46. The van der Waals surface area contributed by atoms with E-state index >= 15 is 0 Å². The lowest BCUT2D eigenvalue weighted by Gasteiger charge is -2.33. The summed E-state index contributed by atoms with van der Waals surface area (Å²) in [5, 5.41) is 12.9. The van der Waals surface area contributed by atoms with Gasteiger partial charge in [0.15, 0.2) is 0 Å². The van der Waals surface area contributed by atoms with Gasteiger partial charge < -0.3 is 15.3 Å². The highest BCUT2D eigenvalue weighted by molar-refractivity contribution is 5.62. The van der Waals surface area contributed by atoms with Gasteiger partial charge in [-0.05, 0) is 64.4 Å². The fraction of sp³-hybridized carbons (Fsp3) is 0.600. The van der Waals surface area contributed by atoms with E-state index in [0.29, 0.717) is 23.9 Å². The maximum atomic E-state index is 9.60. The molecule has 0 spiro atoms. The van der Waals surface area contributed by atoms with Gasteiger partial charge >= 0.3 is 0 Å². The van der Waals surface area contributed by atoms with E-state index in [1.807, 2.05) is 13.1 Å². The quantitative estimate of drug-likeness (QED) is 0.859. The minimum atomic E-state index is 0.375. The van der Waals surface area contributed by atoms with Gasteiger partial charge in [-0.1, -0.05) is 0 Å². The summed E-state index contributed by atoms with van der Waals surface area (Å²) in [4.78, 5) is 2.49. The van der Waals surface area contributed by atoms with Gasteiger partial charge in [0.2, 0.25) is 0 Å². The van der Waals surface area contributed by atoms with E-state index in [2.05, 4.69) is 37.1 Å². The minimum Gasteiger partial charge on any atom is -0.508 e. The van der Waals surface area contributed by atoms with E-state index in [1.165, 1.54) is 11.3 Å². The molecule has 3 nitrogen and oxygen atoms in total. The van der Waals surface area contributed by atoms with Crippen molar-refractivity contribution >= 4 is 5.69 Å². The predicted octanol–water partition coefficient (Wildman–Crippen LogP) is 2.53. The first-order chi connectivity index (χ1) is 8.52. The van der Waals surface area contributed by atoms with Crippen LogP contribution >= 0.6 is 0 Å². The normalized spacial score (nSPS) is 20.3. The number of benzene rings is 1. The maximum Gasteiger partial charge on any atom is 0.116 e. The van der Waals surface area contributed by atoms with E-state index in [4.69, 9.17) is 0 Å². The Balaban J connectivity index is 2.25. The molecule has 1 aliphatic rings. The van der Waals surface area contributed by atoms with Gasteiger partial charge in [-0.2, -0.15) is 0 Å². The summed E-state index contributed by atoms with van der Waals surface area (Å²) in [7, 11) is 2.01. The van der Waals surface area contributed by atoms with Crippen LogP contribution in [-0.4, -0.2) is 30.3 Å². The topological polar surface area (TPSA) is 35.5 Å². The van der Waals surface area contributed by atoms with Crippen molar-refractivity contribution < 1.29 is 5.11 Å². The van der Waals surface area contributed by atoms with Crippen molar-refractivity contribution in [2.75, 3.05) is 11.9 Å². The summed E-state index contributed by atoms with van der Waals surface area (Å²) in [5.74, 6) is 0.375. The van der Waals surface area contributed by atoms with Crippen LogP contribution in [0.1, 0.15) is 32.8 Å². The average Bonchev–Trinajstić information content (AvgIpc) is 2.65. The third-order valence-corrected chi connectivity index (χ3v) is 3.86. The molecule has 1 aliphatic heterocycles. The van der Waals surface area contributed by atoms with Gasteiger partial charge in [0.1, 0.15) is 5.75 Å². The lowest BCUT2D eigenvalue weighted by Crippen LogP contribution is -2.41. The van der Waals surface area contributed by atoms with E-state index in [1.54, 1.807) is 6.07 Å². The molecular weight excluding hydrogens is 224 g/mol. The van der Waals surface area contributed by atoms with E-state index in [-0.39, 0.29) is 0 Å². The maximum absolute atomic E-state index is 9.60. The molecule has 2 atom stereocenters. The second kappa shape index (κ2) is 5.19. The van der Waals surface area contributed by atoms with Crippen LogP contribution in [0.25, 0.3) is 0 Å². The van der Waals surface area contributed by atoms with Crippen LogP contribution in [0.15, 0.2) is 18.2 Å². The van der Waals surface area contributed by atoms with Crippen molar-refractivity contribution in [2.45, 2.75) is 51.7 Å². The first-order valence-electron chi connectivity index (χ1n) is 6.80. The average molecular weight is 248 g/mol. The van der Waals surface area contributed by atoms with Gasteiger partial charge in [-0.15, -0.1) is 0 Å². The second-order valence-electron chi connectivity index (χ2n) is 5.60. The molecule has 0 saturated heterocycles. The van der Waals surface area contributed by atoms with Gasteiger partial charge in [0.05, 0.1) is 0 Å². The zero-order chi connectivity index (χ0) is 13.3. The minimum absolute atomic E-state index is 0.375. The van der Waals surface area contributed by atoms with E-state index < -0.39 is 0 Å². The number of anilines is 1. The highest BCUT2D eigenvalue weighted by atomic mass is 16.3. The standard InChI is InChI=1S/C15H24N2O/c1-10(2)17-13(7-11(3)16-4)8-12-9-14(18)5-6-15(12)17/h5-6,9-11,13,16,18H,7-8H2,1-4H3. The molecule has 1 aromatic carbocycles. The molecule has 3 heteroatoms. The number of hydrogen-bond donors (Lipinski definition) is 2. The summed E-state index contributed by atoms with van der Waals surface area (Å²) in [6.45, 7) is 6.69. The summed E-state index contributed by atoms with van der Waals surface area (Å²) in [6.07, 6.45) is 2.16. The van der Waals surface area contributed by atoms with Crippen molar-refractivity contribution in [1.29, 1.82) is 0 Å². The van der Waals surface area contributed by atoms with Crippen molar-refractivity contribution in [2.24, 2.45) is 0 Å². The van der Waals surface area contributed by atoms with Crippen LogP contribution < -0.4 is 10.2 Å². The Bertz CT molecular complexity index is 417. The Labute approximate surface area is 110 Å². The SMILES string of the molecule is CNC(C)CC1Cc2cc(O)ccc2N1C(C)C. The van der Waals surface area contributed by atoms with Crippen LogP contribution in [0.3, 0.4) is 0 Å². The molecule has 18 heavy (non-hydrogen) atoms. The summed E-state index contributed by atoms with van der Waals surface area (Å²) < 4.78 is 0. The van der Waals surface area contributed by atoms with Crippen molar-refractivity contribution in [3.63, 3.8) is 0 Å². The fourth-order valence-corrected chi connectivity index (χ4v) is 2.96. The fourth-order valence-electron chi connectivity index (χ4n) is 2.96. The zero-order valence-corrected chi connectivity index (χ0v) is 11.8. The van der Waals surface area contributed by atoms with Crippen LogP contribution in [0.4, 0.5) is 5.69 Å². The molecule has 1 aromatic rings. The molecule has 2 rings (SSSR count). The van der Waals surface area contributed by atoms with Crippen LogP contribution in [-0.2, 0) is 6.42 Å². The van der Waals surface area contributed by atoms with Gasteiger partial charge in [-0.25, -0.2) is 0 Å². The van der Waals surface area contributed by atoms with E-state index in [0.717, 1.165) is 12.8 Å². The van der Waals surface area contributed by atoms with Crippen molar-refractivity contribution in [3.05, 3.63) is 23.8 Å². The first-order valence-corrected chi connectivity index (χ1v) is 6.80. The Morgan fingerprint density at radius 2 is 2.11 bits per heavy atom. The number of rotatable bonds is 4. The monoisotopic (exact) mass is 248 g/mol. The Morgan fingerprint density at radius 1 is 1.39 bits per heavy atom. The first kappa shape index (κ1) is 13.2. The van der Waals surface area contributed by atoms with Crippen molar-refractivity contribution in [1.82, 2.24) is 5.32 Å². The molecule has 0 fully saturated rings. The van der Waals surface area contributed by atoms with Gasteiger partial charge in [-0.3, -0.25) is 0 Å². The summed E-state index contributed by atoms with van der Waals surface area (Å²) in [6, 6.07) is 7.29. The molecule has 2 N–H and O–H groups in total. The largest absolute Gasteiger partial charge is 0.508 e. The third-order valence-electron chi connectivity index (χ3n) is 3.86. The molecule has 1 heterocycles.